The maximum absolute atomic E-state index is 13.0. The number of anilines is 2. The summed E-state index contributed by atoms with van der Waals surface area (Å²) in [5.41, 5.74) is 8.26. The Kier molecular flexibility index (Phi) is 9.71. The Morgan fingerprint density at radius 1 is 0.948 bits per heavy atom. The Morgan fingerprint density at radius 3 is 2.62 bits per heavy atom. The fourth-order valence-corrected chi connectivity index (χ4v) is 8.16. The van der Waals surface area contributed by atoms with E-state index in [1.807, 2.05) is 44.4 Å². The number of imide groups is 1. The van der Waals surface area contributed by atoms with E-state index in [9.17, 15) is 19.2 Å². The van der Waals surface area contributed by atoms with Crippen molar-refractivity contribution in [3.05, 3.63) is 112 Å². The topological polar surface area (TPSA) is 158 Å². The van der Waals surface area contributed by atoms with Crippen LogP contribution < -0.4 is 25.8 Å². The van der Waals surface area contributed by atoms with Crippen molar-refractivity contribution >= 4 is 51.0 Å². The number of benzene rings is 2. The average molecular weight is 777 g/mol. The van der Waals surface area contributed by atoms with Gasteiger partial charge in [0.15, 0.2) is 0 Å². The molecule has 0 bridgehead atoms. The highest BCUT2D eigenvalue weighted by atomic mass is 16.5. The summed E-state index contributed by atoms with van der Waals surface area (Å²) in [7, 11) is 1.84. The van der Waals surface area contributed by atoms with E-state index in [1.54, 1.807) is 35.2 Å². The molecule has 0 radical (unpaired) electrons. The lowest BCUT2D eigenvalue weighted by molar-refractivity contribution is -0.134. The molecule has 3 aliphatic heterocycles. The maximum atomic E-state index is 13.0. The number of aryl methyl sites for hydroxylation is 2. The van der Waals surface area contributed by atoms with Crippen molar-refractivity contribution in [1.29, 1.82) is 0 Å². The van der Waals surface area contributed by atoms with Crippen molar-refractivity contribution in [3.63, 3.8) is 0 Å². The van der Waals surface area contributed by atoms with Crippen LogP contribution in [0.25, 0.3) is 33.1 Å². The smallest absolute Gasteiger partial charge is 0.270 e. The molecule has 7 heterocycles. The molecule has 3 aliphatic rings. The number of nitrogens with zero attached hydrogens (tertiary/aromatic N) is 4. The van der Waals surface area contributed by atoms with Crippen LogP contribution >= 0.6 is 0 Å². The molecule has 4 aromatic heterocycles. The van der Waals surface area contributed by atoms with Gasteiger partial charge in [-0.1, -0.05) is 11.8 Å². The monoisotopic (exact) mass is 776 g/mol. The van der Waals surface area contributed by atoms with Crippen molar-refractivity contribution in [2.75, 3.05) is 37.8 Å². The lowest BCUT2D eigenvalue weighted by Crippen LogP contribution is -2.39. The summed E-state index contributed by atoms with van der Waals surface area (Å²) < 4.78 is 19.2. The number of hydrogen-bond acceptors (Lipinski definition) is 10. The third-order valence-electron chi connectivity index (χ3n) is 11.3. The minimum Gasteiger partial charge on any atom is -0.489 e. The number of pyridine rings is 3. The van der Waals surface area contributed by atoms with E-state index in [0.717, 1.165) is 64.8 Å². The summed E-state index contributed by atoms with van der Waals surface area (Å²) in [6.07, 6.45) is 7.54. The molecule has 2 fully saturated rings. The molecule has 1 atom stereocenters. The number of furan rings is 1. The Hall–Kier alpha value is -6.78. The quantitative estimate of drug-likeness (QED) is 0.157. The SMILES string of the molecule is Cc1cc2c(N3CCOc4cc(-c5ccc(C(=O)NCC#Cc6ccc7occ(C8CCC(=O)NC8=O)c7c6)nc5)ncc43)cc(C3CCOCC3)cc2n(C)c1=O. The highest BCUT2D eigenvalue weighted by molar-refractivity contribution is 6.03. The minimum absolute atomic E-state index is 0.00792. The van der Waals surface area contributed by atoms with Crippen LogP contribution in [0.3, 0.4) is 0 Å². The Labute approximate surface area is 333 Å². The summed E-state index contributed by atoms with van der Waals surface area (Å²) in [6, 6.07) is 17.2. The number of ether oxygens (including phenoxy) is 2. The van der Waals surface area contributed by atoms with Gasteiger partial charge in [-0.2, -0.15) is 0 Å². The molecule has 292 valence electrons. The van der Waals surface area contributed by atoms with Gasteiger partial charge in [-0.05, 0) is 86.2 Å². The highest BCUT2D eigenvalue weighted by Crippen LogP contribution is 2.43. The van der Waals surface area contributed by atoms with Gasteiger partial charge < -0.3 is 28.7 Å². The number of hydrogen-bond donors (Lipinski definition) is 2. The first kappa shape index (κ1) is 36.8. The second-order valence-corrected chi connectivity index (χ2v) is 14.9. The molecule has 0 saturated carbocycles. The van der Waals surface area contributed by atoms with E-state index >= 15 is 0 Å². The number of fused-ring (bicyclic) bond motifs is 3. The van der Waals surface area contributed by atoms with Crippen molar-refractivity contribution in [2.24, 2.45) is 7.05 Å². The van der Waals surface area contributed by atoms with E-state index in [1.165, 1.54) is 5.56 Å². The number of nitrogens with one attached hydrogen (secondary N) is 2. The third-order valence-corrected chi connectivity index (χ3v) is 11.3. The number of piperidine rings is 1. The van der Waals surface area contributed by atoms with Crippen LogP contribution in [0.15, 0.2) is 82.5 Å². The molecule has 2 N–H and O–H groups in total. The second-order valence-electron chi connectivity index (χ2n) is 14.9. The summed E-state index contributed by atoms with van der Waals surface area (Å²) >= 11 is 0. The zero-order valence-electron chi connectivity index (χ0n) is 32.1. The largest absolute Gasteiger partial charge is 0.489 e. The van der Waals surface area contributed by atoms with Gasteiger partial charge >= 0.3 is 0 Å². The molecule has 0 aliphatic carbocycles. The van der Waals surface area contributed by atoms with Crippen molar-refractivity contribution < 1.29 is 28.3 Å². The molecule has 9 rings (SSSR count). The van der Waals surface area contributed by atoms with Crippen LogP contribution in [-0.4, -0.2) is 65.2 Å². The molecular formula is C45H40N6O7. The van der Waals surface area contributed by atoms with Gasteiger partial charge in [0, 0.05) is 72.0 Å². The third kappa shape index (κ3) is 6.96. The van der Waals surface area contributed by atoms with Gasteiger partial charge in [0.1, 0.15) is 29.3 Å². The fraction of sp³-hybridized carbons (Fsp3) is 0.289. The molecule has 13 nitrogen and oxygen atoms in total. The van der Waals surface area contributed by atoms with Gasteiger partial charge in [0.25, 0.3) is 11.5 Å². The molecule has 2 saturated heterocycles. The standard InChI is InChI=1S/C45H40N6O7/c1-26-18-33-37(50(2)45(26)55)20-30(28-11-15-56-16-12-28)21-38(33)51-14-17-57-41-22-36(48-24-39(41)51)29-6-8-35(47-23-29)44(54)46-13-3-4-27-5-9-40-32(19-27)34(25-58-40)31-7-10-42(52)49-43(31)53/h5-6,8-9,18-25,28,31H,7,10-17H2,1-2H3,(H,46,54)(H,49,52,53). The number of rotatable bonds is 6. The molecule has 3 amide bonds. The van der Waals surface area contributed by atoms with E-state index < -0.39 is 5.92 Å². The highest BCUT2D eigenvalue weighted by Gasteiger charge is 2.31. The van der Waals surface area contributed by atoms with Gasteiger partial charge in [-0.25, -0.2) is 0 Å². The van der Waals surface area contributed by atoms with E-state index in [-0.39, 0.29) is 41.9 Å². The summed E-state index contributed by atoms with van der Waals surface area (Å²) in [4.78, 5) is 61.5. The maximum Gasteiger partial charge on any atom is 0.270 e. The molecule has 2 aromatic carbocycles. The zero-order chi connectivity index (χ0) is 39.9. The lowest BCUT2D eigenvalue weighted by Gasteiger charge is -2.33. The first-order valence-electron chi connectivity index (χ1n) is 19.4. The summed E-state index contributed by atoms with van der Waals surface area (Å²) in [5, 5.41) is 6.95. The Bertz CT molecular complexity index is 2750. The second kappa shape index (κ2) is 15.3. The molecule has 13 heteroatoms. The predicted molar refractivity (Wildman–Crippen MR) is 217 cm³/mol. The van der Waals surface area contributed by atoms with Crippen LogP contribution in [0.5, 0.6) is 5.75 Å². The van der Waals surface area contributed by atoms with Gasteiger partial charge in [0.05, 0.1) is 48.4 Å². The van der Waals surface area contributed by atoms with E-state index in [2.05, 4.69) is 44.5 Å². The predicted octanol–water partition coefficient (Wildman–Crippen LogP) is 5.78. The average Bonchev–Trinajstić information content (AvgIpc) is 3.67. The first-order chi connectivity index (χ1) is 28.2. The van der Waals surface area contributed by atoms with Crippen LogP contribution in [0.1, 0.15) is 70.3 Å². The van der Waals surface area contributed by atoms with Gasteiger partial charge in [-0.15, -0.1) is 0 Å². The van der Waals surface area contributed by atoms with Crippen molar-refractivity contribution in [3.8, 4) is 28.8 Å². The lowest BCUT2D eigenvalue weighted by atomic mass is 9.90. The number of aromatic nitrogens is 3. The van der Waals surface area contributed by atoms with Gasteiger partial charge in [-0.3, -0.25) is 34.5 Å². The molecular weight excluding hydrogens is 737 g/mol. The Balaban J connectivity index is 0.900. The molecule has 6 aromatic rings. The van der Waals surface area contributed by atoms with Crippen molar-refractivity contribution in [2.45, 2.75) is 44.4 Å². The molecule has 0 spiro atoms. The minimum atomic E-state index is -0.470. The van der Waals surface area contributed by atoms with Crippen molar-refractivity contribution in [1.82, 2.24) is 25.2 Å². The van der Waals surface area contributed by atoms with E-state index in [4.69, 9.17) is 18.9 Å². The van der Waals surface area contributed by atoms with Crippen LogP contribution in [0, 0.1) is 18.8 Å². The van der Waals surface area contributed by atoms with Gasteiger partial charge in [0.2, 0.25) is 11.8 Å². The Morgan fingerprint density at radius 2 is 1.81 bits per heavy atom. The molecule has 58 heavy (non-hydrogen) atoms. The normalized spacial score (nSPS) is 17.0. The molecule has 1 unspecified atom stereocenters. The van der Waals surface area contributed by atoms with E-state index in [0.29, 0.717) is 53.6 Å². The number of carbonyl (C=O) groups is 3. The first-order valence-corrected chi connectivity index (χ1v) is 19.4. The van der Waals surface area contributed by atoms with Crippen LogP contribution in [-0.2, 0) is 21.4 Å². The number of amides is 3. The fourth-order valence-electron chi connectivity index (χ4n) is 8.16. The summed E-state index contributed by atoms with van der Waals surface area (Å²) in [6.45, 7) is 4.46. The summed E-state index contributed by atoms with van der Waals surface area (Å²) in [5.74, 6) is 5.62. The number of carbonyl (C=O) groups excluding carboxylic acids is 3. The zero-order valence-corrected chi connectivity index (χ0v) is 32.1. The van der Waals surface area contributed by atoms with Crippen LogP contribution in [0.2, 0.25) is 0 Å². The van der Waals surface area contributed by atoms with Crippen LogP contribution in [0.4, 0.5) is 11.4 Å².